The van der Waals surface area contributed by atoms with Crippen molar-refractivity contribution in [3.8, 4) is 0 Å². The molecule has 0 bridgehead atoms. The van der Waals surface area contributed by atoms with Crippen LogP contribution in [0.5, 0.6) is 0 Å². The summed E-state index contributed by atoms with van der Waals surface area (Å²) in [7, 11) is 0. The molecule has 4 rings (SSSR count). The third-order valence-corrected chi connectivity index (χ3v) is 5.25. The Morgan fingerprint density at radius 1 is 1.00 bits per heavy atom. The number of hydrogen-bond donors (Lipinski definition) is 0. The number of piperazine rings is 1. The van der Waals surface area contributed by atoms with Crippen molar-refractivity contribution in [2.24, 2.45) is 5.41 Å². The molecule has 1 saturated heterocycles. The second-order valence-electron chi connectivity index (χ2n) is 8.03. The first kappa shape index (κ1) is 16.9. The fourth-order valence-electron chi connectivity index (χ4n) is 3.96. The van der Waals surface area contributed by atoms with E-state index in [2.05, 4.69) is 33.6 Å². The van der Waals surface area contributed by atoms with Crippen LogP contribution in [0.2, 0.25) is 0 Å². The quantitative estimate of drug-likeness (QED) is 0.829. The molecule has 0 radical (unpaired) electrons. The summed E-state index contributed by atoms with van der Waals surface area (Å²) in [5.41, 5.74) is 2.46. The number of pyridine rings is 1. The maximum absolute atomic E-state index is 12.5. The van der Waals surface area contributed by atoms with Crippen molar-refractivity contribution < 1.29 is 4.79 Å². The molecule has 6 heteroatoms. The minimum Gasteiger partial charge on any atom is -0.353 e. The molecule has 0 amide bonds. The summed E-state index contributed by atoms with van der Waals surface area (Å²) < 4.78 is 0. The second-order valence-corrected chi connectivity index (χ2v) is 8.03. The van der Waals surface area contributed by atoms with E-state index < -0.39 is 0 Å². The lowest BCUT2D eigenvalue weighted by Gasteiger charge is -2.36. The van der Waals surface area contributed by atoms with Gasteiger partial charge in [-0.05, 0) is 30.9 Å². The first-order chi connectivity index (χ1) is 12.4. The molecule has 2 aromatic rings. The highest BCUT2D eigenvalue weighted by molar-refractivity contribution is 5.99. The maximum atomic E-state index is 12.5. The van der Waals surface area contributed by atoms with Crippen molar-refractivity contribution in [3.05, 3.63) is 41.3 Å². The predicted molar refractivity (Wildman–Crippen MR) is 102 cm³/mol. The summed E-state index contributed by atoms with van der Waals surface area (Å²) in [6.45, 7) is 9.69. The SMILES string of the molecule is Cc1nc(N2CCN(c3ccccn3)CC2)nc2c1C(=O)CC(C)(C)C2. The number of nitrogens with zero attached hydrogens (tertiary/aromatic N) is 5. The van der Waals surface area contributed by atoms with Crippen LogP contribution in [0.4, 0.5) is 11.8 Å². The largest absolute Gasteiger partial charge is 0.353 e. The highest BCUT2D eigenvalue weighted by Crippen LogP contribution is 2.35. The normalized spacial score (nSPS) is 19.4. The van der Waals surface area contributed by atoms with Gasteiger partial charge in [-0.15, -0.1) is 0 Å². The van der Waals surface area contributed by atoms with Gasteiger partial charge in [0.25, 0.3) is 0 Å². The highest BCUT2D eigenvalue weighted by Gasteiger charge is 2.34. The number of rotatable bonds is 2. The molecule has 26 heavy (non-hydrogen) atoms. The van der Waals surface area contributed by atoms with Crippen molar-refractivity contribution in [3.63, 3.8) is 0 Å². The molecule has 0 saturated carbocycles. The van der Waals surface area contributed by atoms with Crippen molar-refractivity contribution in [2.45, 2.75) is 33.6 Å². The average Bonchev–Trinajstić information content (AvgIpc) is 2.60. The third kappa shape index (κ3) is 3.16. The molecule has 0 N–H and O–H groups in total. The van der Waals surface area contributed by atoms with Crippen LogP contribution in [0.15, 0.2) is 24.4 Å². The summed E-state index contributed by atoms with van der Waals surface area (Å²) in [6.07, 6.45) is 3.24. The minimum atomic E-state index is -0.0280. The van der Waals surface area contributed by atoms with Crippen molar-refractivity contribution in [2.75, 3.05) is 36.0 Å². The molecule has 0 unspecified atom stereocenters. The molecular weight excluding hydrogens is 326 g/mol. The van der Waals surface area contributed by atoms with Crippen LogP contribution in [-0.4, -0.2) is 46.9 Å². The zero-order valence-electron chi connectivity index (χ0n) is 15.7. The topological polar surface area (TPSA) is 62.2 Å². The summed E-state index contributed by atoms with van der Waals surface area (Å²) in [6, 6.07) is 6.00. The Balaban J connectivity index is 1.55. The van der Waals surface area contributed by atoms with Crippen LogP contribution in [-0.2, 0) is 6.42 Å². The Bertz CT molecular complexity index is 826. The lowest BCUT2D eigenvalue weighted by atomic mass is 9.75. The zero-order valence-corrected chi connectivity index (χ0v) is 15.7. The van der Waals surface area contributed by atoms with Crippen molar-refractivity contribution >= 4 is 17.5 Å². The second kappa shape index (κ2) is 6.34. The average molecular weight is 351 g/mol. The van der Waals surface area contributed by atoms with Gasteiger partial charge in [0.05, 0.1) is 17.0 Å². The summed E-state index contributed by atoms with van der Waals surface area (Å²) >= 11 is 0. The molecule has 0 aromatic carbocycles. The molecular formula is C20H25N5O. The standard InChI is InChI=1S/C20H25N5O/c1-14-18-15(12-20(2,3)13-16(18)26)23-19(22-14)25-10-8-24(9-11-25)17-6-4-5-7-21-17/h4-7H,8-13H2,1-3H3. The summed E-state index contributed by atoms with van der Waals surface area (Å²) in [4.78, 5) is 30.9. The van der Waals surface area contributed by atoms with Crippen LogP contribution in [0.1, 0.15) is 42.0 Å². The number of hydrogen-bond acceptors (Lipinski definition) is 6. The molecule has 0 spiro atoms. The van der Waals surface area contributed by atoms with Gasteiger partial charge in [0.1, 0.15) is 5.82 Å². The van der Waals surface area contributed by atoms with E-state index in [-0.39, 0.29) is 11.2 Å². The summed E-state index contributed by atoms with van der Waals surface area (Å²) in [5.74, 6) is 1.95. The van der Waals surface area contributed by atoms with E-state index >= 15 is 0 Å². The summed E-state index contributed by atoms with van der Waals surface area (Å²) in [5, 5.41) is 0. The van der Waals surface area contributed by atoms with Gasteiger partial charge in [0.15, 0.2) is 5.78 Å². The van der Waals surface area contributed by atoms with Crippen LogP contribution in [0.3, 0.4) is 0 Å². The predicted octanol–water partition coefficient (Wildman–Crippen LogP) is 2.66. The first-order valence-electron chi connectivity index (χ1n) is 9.25. The first-order valence-corrected chi connectivity index (χ1v) is 9.25. The third-order valence-electron chi connectivity index (χ3n) is 5.25. The minimum absolute atomic E-state index is 0.0280. The number of anilines is 2. The fraction of sp³-hybridized carbons (Fsp3) is 0.500. The van der Waals surface area contributed by atoms with Gasteiger partial charge in [-0.2, -0.15) is 0 Å². The molecule has 1 aliphatic carbocycles. The Morgan fingerprint density at radius 3 is 2.42 bits per heavy atom. The molecule has 6 nitrogen and oxygen atoms in total. The molecule has 2 aliphatic rings. The van der Waals surface area contributed by atoms with E-state index in [0.717, 1.165) is 61.3 Å². The Kier molecular flexibility index (Phi) is 4.13. The monoisotopic (exact) mass is 351 g/mol. The lowest BCUT2D eigenvalue weighted by molar-refractivity contribution is 0.0909. The van der Waals surface area contributed by atoms with E-state index in [1.807, 2.05) is 31.3 Å². The Labute approximate surface area is 154 Å². The number of aromatic nitrogens is 3. The van der Waals surface area contributed by atoms with Crippen LogP contribution in [0.25, 0.3) is 0 Å². The molecule has 1 fully saturated rings. The van der Waals surface area contributed by atoms with Gasteiger partial charge in [-0.3, -0.25) is 4.79 Å². The van der Waals surface area contributed by atoms with E-state index in [0.29, 0.717) is 6.42 Å². The lowest BCUT2D eigenvalue weighted by Crippen LogP contribution is -2.47. The van der Waals surface area contributed by atoms with Crippen molar-refractivity contribution in [1.29, 1.82) is 0 Å². The van der Waals surface area contributed by atoms with Crippen molar-refractivity contribution in [1.82, 2.24) is 15.0 Å². The number of Topliss-reactive ketones (excluding diaryl/α,β-unsaturated/α-hetero) is 1. The van der Waals surface area contributed by atoms with E-state index in [1.165, 1.54) is 0 Å². The van der Waals surface area contributed by atoms with Gasteiger partial charge in [0, 0.05) is 38.8 Å². The Hall–Kier alpha value is -2.50. The van der Waals surface area contributed by atoms with Crippen LogP contribution < -0.4 is 9.80 Å². The molecule has 3 heterocycles. The van der Waals surface area contributed by atoms with Gasteiger partial charge in [-0.25, -0.2) is 15.0 Å². The maximum Gasteiger partial charge on any atom is 0.225 e. The van der Waals surface area contributed by atoms with Gasteiger partial charge >= 0.3 is 0 Å². The molecule has 136 valence electrons. The number of aryl methyl sites for hydroxylation is 1. The van der Waals surface area contributed by atoms with Gasteiger partial charge < -0.3 is 9.80 Å². The van der Waals surface area contributed by atoms with Crippen LogP contribution >= 0.6 is 0 Å². The highest BCUT2D eigenvalue weighted by atomic mass is 16.1. The molecule has 1 aliphatic heterocycles. The van der Waals surface area contributed by atoms with Gasteiger partial charge in [-0.1, -0.05) is 19.9 Å². The van der Waals surface area contributed by atoms with Crippen LogP contribution in [0, 0.1) is 12.3 Å². The fourth-order valence-corrected chi connectivity index (χ4v) is 3.96. The van der Waals surface area contributed by atoms with E-state index in [9.17, 15) is 4.79 Å². The van der Waals surface area contributed by atoms with Gasteiger partial charge in [0.2, 0.25) is 5.95 Å². The molecule has 0 atom stereocenters. The zero-order chi connectivity index (χ0) is 18.3. The number of fused-ring (bicyclic) bond motifs is 1. The van der Waals surface area contributed by atoms with E-state index in [4.69, 9.17) is 4.98 Å². The Morgan fingerprint density at radius 2 is 1.73 bits per heavy atom. The molecule has 2 aromatic heterocycles. The number of ketones is 1. The smallest absolute Gasteiger partial charge is 0.225 e. The number of carbonyl (C=O) groups is 1. The van der Waals surface area contributed by atoms with E-state index in [1.54, 1.807) is 0 Å². The number of carbonyl (C=O) groups excluding carboxylic acids is 1.